The SMILES string of the molecule is CC1(C)CC(NCc2ccc(Br)cc2)c2ccccc2O1. The Bertz CT molecular complexity index is 621. The zero-order valence-electron chi connectivity index (χ0n) is 12.4. The van der Waals surface area contributed by atoms with Crippen LogP contribution >= 0.6 is 15.9 Å². The van der Waals surface area contributed by atoms with E-state index in [0.717, 1.165) is 23.2 Å². The predicted molar refractivity (Wildman–Crippen MR) is 89.5 cm³/mol. The minimum atomic E-state index is -0.133. The van der Waals surface area contributed by atoms with Crippen LogP contribution in [-0.4, -0.2) is 5.60 Å². The summed E-state index contributed by atoms with van der Waals surface area (Å²) in [6.45, 7) is 5.16. The molecule has 2 aromatic rings. The molecule has 110 valence electrons. The summed E-state index contributed by atoms with van der Waals surface area (Å²) in [5, 5.41) is 3.67. The quantitative estimate of drug-likeness (QED) is 0.859. The lowest BCUT2D eigenvalue weighted by Crippen LogP contribution is -2.39. The Labute approximate surface area is 134 Å². The number of ether oxygens (including phenoxy) is 1. The van der Waals surface area contributed by atoms with E-state index >= 15 is 0 Å². The fourth-order valence-corrected chi connectivity index (χ4v) is 3.09. The Morgan fingerprint density at radius 3 is 2.62 bits per heavy atom. The number of rotatable bonds is 3. The van der Waals surface area contributed by atoms with Crippen LogP contribution in [0.3, 0.4) is 0 Å². The summed E-state index contributed by atoms with van der Waals surface area (Å²) in [5.41, 5.74) is 2.42. The summed E-state index contributed by atoms with van der Waals surface area (Å²) >= 11 is 3.47. The molecule has 0 saturated carbocycles. The molecule has 1 aliphatic rings. The third kappa shape index (κ3) is 3.47. The van der Waals surface area contributed by atoms with Crippen molar-refractivity contribution in [2.75, 3.05) is 0 Å². The van der Waals surface area contributed by atoms with Crippen molar-refractivity contribution in [1.29, 1.82) is 0 Å². The zero-order valence-corrected chi connectivity index (χ0v) is 14.0. The van der Waals surface area contributed by atoms with Crippen LogP contribution in [0.15, 0.2) is 53.0 Å². The predicted octanol–water partition coefficient (Wildman–Crippen LogP) is 4.84. The summed E-state index contributed by atoms with van der Waals surface area (Å²) in [7, 11) is 0. The molecule has 2 nitrogen and oxygen atoms in total. The normalized spacial score (nSPS) is 19.7. The largest absolute Gasteiger partial charge is 0.487 e. The van der Waals surface area contributed by atoms with Gasteiger partial charge in [-0.2, -0.15) is 0 Å². The van der Waals surface area contributed by atoms with Gasteiger partial charge in [0, 0.05) is 29.0 Å². The van der Waals surface area contributed by atoms with Crippen molar-refractivity contribution in [3.8, 4) is 5.75 Å². The Morgan fingerprint density at radius 2 is 1.86 bits per heavy atom. The van der Waals surface area contributed by atoms with Crippen LogP contribution < -0.4 is 10.1 Å². The van der Waals surface area contributed by atoms with E-state index in [2.05, 4.69) is 77.6 Å². The topological polar surface area (TPSA) is 21.3 Å². The van der Waals surface area contributed by atoms with Gasteiger partial charge >= 0.3 is 0 Å². The lowest BCUT2D eigenvalue weighted by molar-refractivity contribution is 0.0657. The number of hydrogen-bond donors (Lipinski definition) is 1. The summed E-state index contributed by atoms with van der Waals surface area (Å²) in [6, 6.07) is 17.1. The van der Waals surface area contributed by atoms with Crippen molar-refractivity contribution in [2.24, 2.45) is 0 Å². The molecule has 0 spiro atoms. The van der Waals surface area contributed by atoms with E-state index in [1.807, 2.05) is 6.07 Å². The van der Waals surface area contributed by atoms with Crippen LogP contribution in [0, 0.1) is 0 Å². The Balaban J connectivity index is 1.77. The smallest absolute Gasteiger partial charge is 0.124 e. The standard InChI is InChI=1S/C18H20BrNO/c1-18(2)11-16(15-5-3-4-6-17(15)21-18)20-12-13-7-9-14(19)10-8-13/h3-10,16,20H,11-12H2,1-2H3. The van der Waals surface area contributed by atoms with Crippen LogP contribution in [0.5, 0.6) is 5.75 Å². The van der Waals surface area contributed by atoms with Gasteiger partial charge in [-0.05, 0) is 37.6 Å². The molecule has 0 radical (unpaired) electrons. The van der Waals surface area contributed by atoms with Crippen molar-refractivity contribution < 1.29 is 4.74 Å². The van der Waals surface area contributed by atoms with E-state index in [1.54, 1.807) is 0 Å². The molecular formula is C18H20BrNO. The van der Waals surface area contributed by atoms with Gasteiger partial charge in [0.2, 0.25) is 0 Å². The molecule has 0 bridgehead atoms. The van der Waals surface area contributed by atoms with Gasteiger partial charge in [0.25, 0.3) is 0 Å². The van der Waals surface area contributed by atoms with Crippen molar-refractivity contribution in [3.05, 3.63) is 64.1 Å². The zero-order chi connectivity index (χ0) is 14.9. The summed E-state index contributed by atoms with van der Waals surface area (Å²) in [5.74, 6) is 1.00. The van der Waals surface area contributed by atoms with E-state index in [1.165, 1.54) is 11.1 Å². The minimum Gasteiger partial charge on any atom is -0.487 e. The average molecular weight is 346 g/mol. The minimum absolute atomic E-state index is 0.133. The second kappa shape index (κ2) is 5.82. The molecule has 1 atom stereocenters. The van der Waals surface area contributed by atoms with Gasteiger partial charge < -0.3 is 10.1 Å². The number of halogens is 1. The van der Waals surface area contributed by atoms with Crippen LogP contribution in [0.2, 0.25) is 0 Å². The molecule has 1 unspecified atom stereocenters. The maximum absolute atomic E-state index is 6.07. The highest BCUT2D eigenvalue weighted by atomic mass is 79.9. The Kier molecular flexibility index (Phi) is 4.05. The fourth-order valence-electron chi connectivity index (χ4n) is 2.83. The first kappa shape index (κ1) is 14.6. The van der Waals surface area contributed by atoms with E-state index in [-0.39, 0.29) is 5.60 Å². The lowest BCUT2D eigenvalue weighted by atomic mass is 9.89. The summed E-state index contributed by atoms with van der Waals surface area (Å²) < 4.78 is 7.19. The second-order valence-electron chi connectivity index (χ2n) is 6.16. The van der Waals surface area contributed by atoms with Crippen LogP contribution in [-0.2, 0) is 6.54 Å². The van der Waals surface area contributed by atoms with E-state index in [4.69, 9.17) is 4.74 Å². The maximum Gasteiger partial charge on any atom is 0.124 e. The Hall–Kier alpha value is -1.32. The molecule has 0 saturated heterocycles. The van der Waals surface area contributed by atoms with Gasteiger partial charge in [-0.3, -0.25) is 0 Å². The van der Waals surface area contributed by atoms with Crippen LogP contribution in [0.4, 0.5) is 0 Å². The molecule has 3 heteroatoms. The highest BCUT2D eigenvalue weighted by Crippen LogP contribution is 2.39. The molecule has 0 amide bonds. The first-order chi connectivity index (χ1) is 10.0. The summed E-state index contributed by atoms with van der Waals surface area (Å²) in [4.78, 5) is 0. The first-order valence-corrected chi connectivity index (χ1v) is 8.09. The molecule has 0 fully saturated rings. The molecule has 21 heavy (non-hydrogen) atoms. The molecule has 0 aliphatic carbocycles. The molecule has 3 rings (SSSR count). The summed E-state index contributed by atoms with van der Waals surface area (Å²) in [6.07, 6.45) is 0.973. The molecular weight excluding hydrogens is 326 g/mol. The van der Waals surface area contributed by atoms with Crippen molar-refractivity contribution in [1.82, 2.24) is 5.32 Å². The highest BCUT2D eigenvalue weighted by molar-refractivity contribution is 9.10. The van der Waals surface area contributed by atoms with E-state index < -0.39 is 0 Å². The van der Waals surface area contributed by atoms with Gasteiger partial charge in [0.05, 0.1) is 0 Å². The monoisotopic (exact) mass is 345 g/mol. The molecule has 1 heterocycles. The van der Waals surface area contributed by atoms with E-state index in [9.17, 15) is 0 Å². The molecule has 1 N–H and O–H groups in total. The molecule has 1 aliphatic heterocycles. The fraction of sp³-hybridized carbons (Fsp3) is 0.333. The maximum atomic E-state index is 6.07. The van der Waals surface area contributed by atoms with Gasteiger partial charge in [0.1, 0.15) is 11.4 Å². The van der Waals surface area contributed by atoms with Crippen molar-refractivity contribution in [2.45, 2.75) is 38.5 Å². The first-order valence-electron chi connectivity index (χ1n) is 7.29. The van der Waals surface area contributed by atoms with Gasteiger partial charge in [-0.15, -0.1) is 0 Å². The van der Waals surface area contributed by atoms with Gasteiger partial charge in [-0.1, -0.05) is 46.3 Å². The third-order valence-electron chi connectivity index (χ3n) is 3.84. The van der Waals surface area contributed by atoms with Crippen molar-refractivity contribution >= 4 is 15.9 Å². The van der Waals surface area contributed by atoms with Gasteiger partial charge in [-0.25, -0.2) is 0 Å². The Morgan fingerprint density at radius 1 is 1.14 bits per heavy atom. The second-order valence-corrected chi connectivity index (χ2v) is 7.08. The third-order valence-corrected chi connectivity index (χ3v) is 4.37. The van der Waals surface area contributed by atoms with Crippen molar-refractivity contribution in [3.63, 3.8) is 0 Å². The van der Waals surface area contributed by atoms with Crippen LogP contribution in [0.1, 0.15) is 37.4 Å². The lowest BCUT2D eigenvalue weighted by Gasteiger charge is -2.38. The molecule has 0 aromatic heterocycles. The number of hydrogen-bond acceptors (Lipinski definition) is 2. The molecule has 2 aromatic carbocycles. The van der Waals surface area contributed by atoms with Crippen LogP contribution in [0.25, 0.3) is 0 Å². The highest BCUT2D eigenvalue weighted by Gasteiger charge is 2.33. The average Bonchev–Trinajstić information content (AvgIpc) is 2.45. The number of para-hydroxylation sites is 1. The van der Waals surface area contributed by atoms with Gasteiger partial charge in [0.15, 0.2) is 0 Å². The number of nitrogens with one attached hydrogen (secondary N) is 1. The number of benzene rings is 2. The number of fused-ring (bicyclic) bond motifs is 1. The van der Waals surface area contributed by atoms with E-state index in [0.29, 0.717) is 6.04 Å².